The highest BCUT2D eigenvalue weighted by molar-refractivity contribution is 5.54. The van der Waals surface area contributed by atoms with E-state index in [1.165, 1.54) is 24.0 Å². The maximum Gasteiger partial charge on any atom is 0.0594 e. The number of rotatable bonds is 1. The molecular weight excluding hydrogens is 200 g/mol. The fourth-order valence-corrected chi connectivity index (χ4v) is 2.95. The second-order valence-corrected chi connectivity index (χ2v) is 4.62. The van der Waals surface area contributed by atoms with Gasteiger partial charge >= 0.3 is 0 Å². The van der Waals surface area contributed by atoms with E-state index in [-0.39, 0.29) is 0 Å². The lowest BCUT2D eigenvalue weighted by Crippen LogP contribution is -2.38. The molecule has 1 heterocycles. The molecule has 1 aromatic rings. The molecule has 0 radical (unpaired) electrons. The van der Waals surface area contributed by atoms with E-state index in [0.29, 0.717) is 6.04 Å². The third kappa shape index (κ3) is 1.60. The first-order chi connectivity index (χ1) is 7.86. The maximum absolute atomic E-state index is 6.11. The zero-order valence-electron chi connectivity index (χ0n) is 9.48. The number of nitrogen functional groups attached to an aromatic ring is 1. The molecule has 0 saturated carbocycles. The zero-order valence-corrected chi connectivity index (χ0v) is 9.48. The Labute approximate surface area is 96.2 Å². The first-order valence-electron chi connectivity index (χ1n) is 6.05. The predicted molar refractivity (Wildman–Crippen MR) is 64.3 cm³/mol. The Bertz CT molecular complexity index is 386. The maximum atomic E-state index is 6.11. The van der Waals surface area contributed by atoms with Crippen molar-refractivity contribution in [2.75, 3.05) is 32.0 Å². The average Bonchev–Trinajstić information content (AvgIpc) is 2.75. The van der Waals surface area contributed by atoms with Crippen molar-refractivity contribution in [3.63, 3.8) is 0 Å². The first-order valence-corrected chi connectivity index (χ1v) is 6.05. The molecule has 3 rings (SSSR count). The van der Waals surface area contributed by atoms with Gasteiger partial charge in [-0.05, 0) is 30.0 Å². The summed E-state index contributed by atoms with van der Waals surface area (Å²) in [5, 5.41) is 0. The van der Waals surface area contributed by atoms with Gasteiger partial charge in [0, 0.05) is 24.8 Å². The lowest BCUT2D eigenvalue weighted by atomic mass is 10.0. The molecule has 1 saturated heterocycles. The van der Waals surface area contributed by atoms with Gasteiger partial charge in [0.1, 0.15) is 0 Å². The van der Waals surface area contributed by atoms with Gasteiger partial charge in [-0.1, -0.05) is 12.1 Å². The number of hydrogen-bond donors (Lipinski definition) is 1. The molecule has 0 amide bonds. The third-order valence-corrected chi connectivity index (χ3v) is 3.74. The normalized spacial score (nSPS) is 25.6. The number of aryl methyl sites for hydroxylation is 1. The van der Waals surface area contributed by atoms with Gasteiger partial charge in [-0.3, -0.25) is 4.90 Å². The largest absolute Gasteiger partial charge is 0.398 e. The van der Waals surface area contributed by atoms with Gasteiger partial charge < -0.3 is 10.5 Å². The molecule has 1 unspecified atom stereocenters. The van der Waals surface area contributed by atoms with Crippen LogP contribution in [0.2, 0.25) is 0 Å². The molecule has 1 fully saturated rings. The van der Waals surface area contributed by atoms with Crippen LogP contribution in [-0.4, -0.2) is 31.2 Å². The SMILES string of the molecule is Nc1cccc2c1C(N1CCOCC1)CC2. The molecule has 2 aliphatic rings. The molecule has 3 nitrogen and oxygen atoms in total. The summed E-state index contributed by atoms with van der Waals surface area (Å²) in [5.74, 6) is 0. The van der Waals surface area contributed by atoms with Gasteiger partial charge in [0.25, 0.3) is 0 Å². The second-order valence-electron chi connectivity index (χ2n) is 4.62. The van der Waals surface area contributed by atoms with Gasteiger partial charge in [-0.2, -0.15) is 0 Å². The van der Waals surface area contributed by atoms with E-state index in [0.717, 1.165) is 32.0 Å². The summed E-state index contributed by atoms with van der Waals surface area (Å²) in [6.07, 6.45) is 2.38. The van der Waals surface area contributed by atoms with Gasteiger partial charge in [0.2, 0.25) is 0 Å². The Kier molecular flexibility index (Phi) is 2.58. The molecule has 2 N–H and O–H groups in total. The molecular formula is C13H18N2O. The number of hydrogen-bond acceptors (Lipinski definition) is 3. The molecule has 0 aromatic heterocycles. The minimum absolute atomic E-state index is 0.528. The van der Waals surface area contributed by atoms with Crippen LogP contribution in [0.5, 0.6) is 0 Å². The standard InChI is InChI=1S/C13H18N2O/c14-11-3-1-2-10-4-5-12(13(10)11)15-6-8-16-9-7-15/h1-3,12H,4-9,14H2. The summed E-state index contributed by atoms with van der Waals surface area (Å²) < 4.78 is 5.40. The summed E-state index contributed by atoms with van der Waals surface area (Å²) in [4.78, 5) is 2.52. The van der Waals surface area contributed by atoms with Crippen LogP contribution in [0.4, 0.5) is 5.69 Å². The minimum atomic E-state index is 0.528. The number of nitrogens with zero attached hydrogens (tertiary/aromatic N) is 1. The van der Waals surface area contributed by atoms with E-state index in [1.54, 1.807) is 0 Å². The highest BCUT2D eigenvalue weighted by atomic mass is 16.5. The first kappa shape index (κ1) is 10.1. The van der Waals surface area contributed by atoms with E-state index in [4.69, 9.17) is 10.5 Å². The van der Waals surface area contributed by atoms with Crippen LogP contribution >= 0.6 is 0 Å². The molecule has 1 aliphatic carbocycles. The fraction of sp³-hybridized carbons (Fsp3) is 0.538. The average molecular weight is 218 g/mol. The van der Waals surface area contributed by atoms with E-state index < -0.39 is 0 Å². The Balaban J connectivity index is 1.89. The van der Waals surface area contributed by atoms with Crippen LogP contribution in [0.1, 0.15) is 23.6 Å². The van der Waals surface area contributed by atoms with Gasteiger partial charge in [0.05, 0.1) is 13.2 Å². The molecule has 1 atom stereocenters. The van der Waals surface area contributed by atoms with Gasteiger partial charge in [-0.15, -0.1) is 0 Å². The van der Waals surface area contributed by atoms with E-state index in [9.17, 15) is 0 Å². The van der Waals surface area contributed by atoms with Crippen LogP contribution in [0.25, 0.3) is 0 Å². The molecule has 0 bridgehead atoms. The quantitative estimate of drug-likeness (QED) is 0.727. The van der Waals surface area contributed by atoms with Crippen LogP contribution in [0.3, 0.4) is 0 Å². The summed E-state index contributed by atoms with van der Waals surface area (Å²) in [5.41, 5.74) is 9.90. The Morgan fingerprint density at radius 1 is 1.25 bits per heavy atom. The fourth-order valence-electron chi connectivity index (χ4n) is 2.95. The van der Waals surface area contributed by atoms with E-state index in [2.05, 4.69) is 17.0 Å². The molecule has 16 heavy (non-hydrogen) atoms. The van der Waals surface area contributed by atoms with Crippen LogP contribution in [0.15, 0.2) is 18.2 Å². The lowest BCUT2D eigenvalue weighted by Gasteiger charge is -2.33. The summed E-state index contributed by atoms with van der Waals surface area (Å²) in [6, 6.07) is 6.83. The van der Waals surface area contributed by atoms with Crippen molar-refractivity contribution in [2.45, 2.75) is 18.9 Å². The van der Waals surface area contributed by atoms with Crippen molar-refractivity contribution in [3.8, 4) is 0 Å². The van der Waals surface area contributed by atoms with Gasteiger partial charge in [0.15, 0.2) is 0 Å². The van der Waals surface area contributed by atoms with Crippen molar-refractivity contribution >= 4 is 5.69 Å². The van der Waals surface area contributed by atoms with Crippen molar-refractivity contribution in [1.29, 1.82) is 0 Å². The van der Waals surface area contributed by atoms with Crippen molar-refractivity contribution in [1.82, 2.24) is 4.90 Å². The van der Waals surface area contributed by atoms with Crippen LogP contribution in [-0.2, 0) is 11.2 Å². The number of anilines is 1. The summed E-state index contributed by atoms with van der Waals surface area (Å²) in [7, 11) is 0. The Morgan fingerprint density at radius 3 is 2.88 bits per heavy atom. The number of nitrogens with two attached hydrogens (primary N) is 1. The molecule has 86 valence electrons. The molecule has 0 spiro atoms. The number of morpholine rings is 1. The van der Waals surface area contributed by atoms with Gasteiger partial charge in [-0.25, -0.2) is 0 Å². The highest BCUT2D eigenvalue weighted by Crippen LogP contribution is 2.39. The number of benzene rings is 1. The third-order valence-electron chi connectivity index (χ3n) is 3.74. The monoisotopic (exact) mass is 218 g/mol. The second kappa shape index (κ2) is 4.07. The van der Waals surface area contributed by atoms with Crippen LogP contribution < -0.4 is 5.73 Å². The molecule has 3 heteroatoms. The Morgan fingerprint density at radius 2 is 2.06 bits per heavy atom. The summed E-state index contributed by atoms with van der Waals surface area (Å²) in [6.45, 7) is 3.80. The van der Waals surface area contributed by atoms with Crippen molar-refractivity contribution in [3.05, 3.63) is 29.3 Å². The topological polar surface area (TPSA) is 38.5 Å². The number of fused-ring (bicyclic) bond motifs is 1. The highest BCUT2D eigenvalue weighted by Gasteiger charge is 2.30. The zero-order chi connectivity index (χ0) is 11.0. The van der Waals surface area contributed by atoms with Crippen LogP contribution in [0, 0.1) is 0 Å². The molecule has 1 aromatic carbocycles. The molecule has 1 aliphatic heterocycles. The van der Waals surface area contributed by atoms with E-state index in [1.807, 2.05) is 6.07 Å². The summed E-state index contributed by atoms with van der Waals surface area (Å²) >= 11 is 0. The Hall–Kier alpha value is -1.06. The van der Waals surface area contributed by atoms with Crippen molar-refractivity contribution < 1.29 is 4.74 Å². The van der Waals surface area contributed by atoms with Crippen molar-refractivity contribution in [2.24, 2.45) is 0 Å². The lowest BCUT2D eigenvalue weighted by molar-refractivity contribution is 0.0166. The number of ether oxygens (including phenoxy) is 1. The van der Waals surface area contributed by atoms with E-state index >= 15 is 0 Å². The minimum Gasteiger partial charge on any atom is -0.398 e. The smallest absolute Gasteiger partial charge is 0.0594 e. The predicted octanol–water partition coefficient (Wildman–Crippen LogP) is 1.59.